The number of rotatable bonds is 3. The second-order valence-corrected chi connectivity index (χ2v) is 4.54. The molecule has 17 heavy (non-hydrogen) atoms. The minimum absolute atomic E-state index is 0.855. The summed E-state index contributed by atoms with van der Waals surface area (Å²) >= 11 is 3.54. The van der Waals surface area contributed by atoms with E-state index in [1.165, 1.54) is 0 Å². The molecule has 0 amide bonds. The number of hydrogen-bond donors (Lipinski definition) is 0. The predicted octanol–water partition coefficient (Wildman–Crippen LogP) is 4.52. The molecule has 0 spiro atoms. The van der Waals surface area contributed by atoms with Gasteiger partial charge < -0.3 is 4.74 Å². The lowest BCUT2D eigenvalue weighted by molar-refractivity contribution is 0.415. The van der Waals surface area contributed by atoms with E-state index in [1.54, 1.807) is 7.11 Å². The van der Waals surface area contributed by atoms with Crippen LogP contribution in [0.15, 0.2) is 59.6 Å². The molecule has 0 unspecified atom stereocenters. The van der Waals surface area contributed by atoms with Gasteiger partial charge in [-0.1, -0.05) is 52.8 Å². The van der Waals surface area contributed by atoms with Crippen LogP contribution in [0.2, 0.25) is 0 Å². The largest absolute Gasteiger partial charge is 0.497 e. The molecule has 2 heteroatoms. The van der Waals surface area contributed by atoms with Crippen molar-refractivity contribution in [3.63, 3.8) is 0 Å². The summed E-state index contributed by atoms with van der Waals surface area (Å²) in [5.74, 6) is 0.855. The molecule has 2 rings (SSSR count). The fraction of sp³-hybridized carbons (Fsp3) is 0.0667. The maximum atomic E-state index is 5.14. The van der Waals surface area contributed by atoms with Crippen LogP contribution >= 0.6 is 15.9 Å². The lowest BCUT2D eigenvalue weighted by atomic mass is 10.00. The van der Waals surface area contributed by atoms with Crippen LogP contribution in [-0.4, -0.2) is 7.11 Å². The van der Waals surface area contributed by atoms with Crippen molar-refractivity contribution in [1.82, 2.24) is 0 Å². The van der Waals surface area contributed by atoms with Crippen LogP contribution in [0.5, 0.6) is 5.75 Å². The summed E-state index contributed by atoms with van der Waals surface area (Å²) in [5, 5.41) is 0. The van der Waals surface area contributed by atoms with Crippen molar-refractivity contribution in [2.24, 2.45) is 0 Å². The summed E-state index contributed by atoms with van der Waals surface area (Å²) in [6.07, 6.45) is 0. The molecular weight excluding hydrogens is 276 g/mol. The van der Waals surface area contributed by atoms with E-state index in [2.05, 4.69) is 28.6 Å². The van der Waals surface area contributed by atoms with E-state index in [1.807, 2.05) is 42.5 Å². The van der Waals surface area contributed by atoms with Crippen molar-refractivity contribution in [1.29, 1.82) is 0 Å². The van der Waals surface area contributed by atoms with E-state index in [9.17, 15) is 0 Å². The molecule has 0 aliphatic carbocycles. The Morgan fingerprint density at radius 3 is 2.29 bits per heavy atom. The molecule has 86 valence electrons. The Balaban J connectivity index is 2.34. The Morgan fingerprint density at radius 2 is 1.71 bits per heavy atom. The van der Waals surface area contributed by atoms with Crippen LogP contribution < -0.4 is 4.74 Å². The molecule has 0 heterocycles. The average Bonchev–Trinajstić information content (AvgIpc) is 2.39. The third kappa shape index (κ3) is 2.59. The van der Waals surface area contributed by atoms with Crippen molar-refractivity contribution in [2.75, 3.05) is 7.11 Å². The van der Waals surface area contributed by atoms with E-state index >= 15 is 0 Å². The van der Waals surface area contributed by atoms with Gasteiger partial charge in [-0.15, -0.1) is 0 Å². The molecule has 0 bridgehead atoms. The molecule has 0 aliphatic rings. The molecule has 0 saturated heterocycles. The molecule has 0 atom stereocenters. The fourth-order valence-corrected chi connectivity index (χ4v) is 2.18. The van der Waals surface area contributed by atoms with Gasteiger partial charge in [-0.3, -0.25) is 0 Å². The van der Waals surface area contributed by atoms with Gasteiger partial charge in [0.15, 0.2) is 0 Å². The maximum absolute atomic E-state index is 5.14. The average molecular weight is 289 g/mol. The van der Waals surface area contributed by atoms with E-state index in [0.717, 1.165) is 26.9 Å². The smallest absolute Gasteiger partial charge is 0.118 e. The van der Waals surface area contributed by atoms with Gasteiger partial charge in [-0.2, -0.15) is 0 Å². The second kappa shape index (κ2) is 5.19. The molecule has 1 nitrogen and oxygen atoms in total. The summed E-state index contributed by atoms with van der Waals surface area (Å²) in [7, 11) is 1.66. The van der Waals surface area contributed by atoms with Gasteiger partial charge in [-0.25, -0.2) is 0 Å². The van der Waals surface area contributed by atoms with Gasteiger partial charge in [0.25, 0.3) is 0 Å². The van der Waals surface area contributed by atoms with Crippen LogP contribution in [-0.2, 0) is 0 Å². The van der Waals surface area contributed by atoms with Gasteiger partial charge in [0.1, 0.15) is 5.75 Å². The summed E-state index contributed by atoms with van der Waals surface area (Å²) in [6.45, 7) is 4.14. The first kappa shape index (κ1) is 11.9. The van der Waals surface area contributed by atoms with E-state index in [0.29, 0.717) is 0 Å². The van der Waals surface area contributed by atoms with Gasteiger partial charge in [-0.05, 0) is 34.9 Å². The Labute approximate surface area is 110 Å². The molecule has 0 aromatic heterocycles. The summed E-state index contributed by atoms with van der Waals surface area (Å²) < 4.78 is 6.20. The summed E-state index contributed by atoms with van der Waals surface area (Å²) in [5.41, 5.74) is 3.20. The molecule has 0 saturated carbocycles. The zero-order valence-electron chi connectivity index (χ0n) is 9.61. The fourth-order valence-electron chi connectivity index (χ4n) is 1.65. The molecule has 0 N–H and O–H groups in total. The lowest BCUT2D eigenvalue weighted by Crippen LogP contribution is -1.88. The monoisotopic (exact) mass is 288 g/mol. The van der Waals surface area contributed by atoms with Crippen LogP contribution in [0.25, 0.3) is 5.57 Å². The van der Waals surface area contributed by atoms with Crippen molar-refractivity contribution in [2.45, 2.75) is 0 Å². The van der Waals surface area contributed by atoms with E-state index in [4.69, 9.17) is 4.74 Å². The number of methoxy groups -OCH3 is 1. The molecule has 2 aromatic rings. The Kier molecular flexibility index (Phi) is 3.64. The van der Waals surface area contributed by atoms with Crippen molar-refractivity contribution < 1.29 is 4.74 Å². The van der Waals surface area contributed by atoms with E-state index < -0.39 is 0 Å². The first-order valence-corrected chi connectivity index (χ1v) is 6.10. The van der Waals surface area contributed by atoms with Gasteiger partial charge in [0, 0.05) is 4.47 Å². The minimum Gasteiger partial charge on any atom is -0.497 e. The van der Waals surface area contributed by atoms with Gasteiger partial charge in [0.2, 0.25) is 0 Å². The third-order valence-corrected chi connectivity index (χ3v) is 3.33. The van der Waals surface area contributed by atoms with E-state index in [-0.39, 0.29) is 0 Å². The third-order valence-electron chi connectivity index (χ3n) is 2.64. The number of halogens is 1. The molecule has 2 aromatic carbocycles. The SMILES string of the molecule is C=C(c1ccc(OC)cc1)c1ccccc1Br. The van der Waals surface area contributed by atoms with Crippen LogP contribution in [0.4, 0.5) is 0 Å². The second-order valence-electron chi connectivity index (χ2n) is 3.69. The number of ether oxygens (including phenoxy) is 1. The minimum atomic E-state index is 0.855. The lowest BCUT2D eigenvalue weighted by Gasteiger charge is -2.09. The highest BCUT2D eigenvalue weighted by molar-refractivity contribution is 9.10. The molecule has 0 aliphatic heterocycles. The molecular formula is C15H13BrO. The highest BCUT2D eigenvalue weighted by Gasteiger charge is 2.05. The Hall–Kier alpha value is -1.54. The molecule has 0 radical (unpaired) electrons. The highest BCUT2D eigenvalue weighted by atomic mass is 79.9. The summed E-state index contributed by atoms with van der Waals surface area (Å²) in [4.78, 5) is 0. The quantitative estimate of drug-likeness (QED) is 0.807. The van der Waals surface area contributed by atoms with Crippen LogP contribution in [0.1, 0.15) is 11.1 Å². The van der Waals surface area contributed by atoms with Crippen LogP contribution in [0.3, 0.4) is 0 Å². The Morgan fingerprint density at radius 1 is 1.06 bits per heavy atom. The van der Waals surface area contributed by atoms with Crippen molar-refractivity contribution >= 4 is 21.5 Å². The topological polar surface area (TPSA) is 9.23 Å². The Bertz CT molecular complexity index is 529. The zero-order chi connectivity index (χ0) is 12.3. The maximum Gasteiger partial charge on any atom is 0.118 e. The van der Waals surface area contributed by atoms with Gasteiger partial charge in [0.05, 0.1) is 7.11 Å². The van der Waals surface area contributed by atoms with Crippen molar-refractivity contribution in [3.8, 4) is 5.75 Å². The van der Waals surface area contributed by atoms with Crippen molar-refractivity contribution in [3.05, 3.63) is 70.7 Å². The number of hydrogen-bond acceptors (Lipinski definition) is 1. The normalized spacial score (nSPS) is 10.0. The highest BCUT2D eigenvalue weighted by Crippen LogP contribution is 2.28. The first-order chi connectivity index (χ1) is 8.22. The predicted molar refractivity (Wildman–Crippen MR) is 75.3 cm³/mol. The zero-order valence-corrected chi connectivity index (χ0v) is 11.2. The standard InChI is InChI=1S/C15H13BrO/c1-11(14-5-3-4-6-15(14)16)12-7-9-13(17-2)10-8-12/h3-10H,1H2,2H3. The van der Waals surface area contributed by atoms with Gasteiger partial charge >= 0.3 is 0 Å². The molecule has 0 fully saturated rings. The number of benzene rings is 2. The summed E-state index contributed by atoms with van der Waals surface area (Å²) in [6, 6.07) is 16.0. The van der Waals surface area contributed by atoms with Crippen LogP contribution in [0, 0.1) is 0 Å². The first-order valence-electron chi connectivity index (χ1n) is 5.30.